The Balaban J connectivity index is 2.07. The van der Waals surface area contributed by atoms with Crippen molar-refractivity contribution in [1.82, 2.24) is 9.55 Å². The lowest BCUT2D eigenvalue weighted by molar-refractivity contribution is -0.138. The molecule has 65 heavy (non-hydrogen) atoms. The van der Waals surface area contributed by atoms with Gasteiger partial charge in [-0.3, -0.25) is 14.2 Å². The number of ether oxygens (including phenoxy) is 1. The van der Waals surface area contributed by atoms with Gasteiger partial charge < -0.3 is 24.6 Å². The third kappa shape index (κ3) is 18.0. The quantitative estimate of drug-likeness (QED) is 0.0484. The molecule has 1 aliphatic rings. The topological polar surface area (TPSA) is 182 Å². The molecule has 2 amide bonds. The van der Waals surface area contributed by atoms with Crippen molar-refractivity contribution in [2.24, 2.45) is 23.0 Å². The van der Waals surface area contributed by atoms with Crippen LogP contribution in [0.5, 0.6) is 0 Å². The van der Waals surface area contributed by atoms with Gasteiger partial charge in [0.05, 0.1) is 36.0 Å². The first-order valence-electron chi connectivity index (χ1n) is 23.2. The van der Waals surface area contributed by atoms with Crippen LogP contribution in [0.15, 0.2) is 17.1 Å². The lowest BCUT2D eigenvalue weighted by atomic mass is 9.71. The van der Waals surface area contributed by atoms with Crippen LogP contribution in [0.3, 0.4) is 0 Å². The number of hydrogen-bond acceptors (Lipinski definition) is 12. The third-order valence-corrected chi connectivity index (χ3v) is 25.3. The number of carbonyl (C=O) groups excluding carboxylic acids is 2. The minimum Gasteiger partial charge on any atom is -0.414 e. The summed E-state index contributed by atoms with van der Waals surface area (Å²) in [4.78, 5) is 43.2. The van der Waals surface area contributed by atoms with E-state index in [2.05, 4.69) is 29.4 Å². The number of nitrogens with two attached hydrogens (primary N) is 1. The molecule has 1 aromatic rings. The zero-order valence-corrected chi connectivity index (χ0v) is 45.6. The minimum absolute atomic E-state index is 0.00888. The molecule has 1 fully saturated rings. The van der Waals surface area contributed by atoms with Crippen molar-refractivity contribution < 1.29 is 32.0 Å². The lowest BCUT2D eigenvalue weighted by Gasteiger charge is -2.41. The number of nitrogens with zero attached hydrogens (tertiary/aromatic N) is 4. The maximum absolute atomic E-state index is 16.5. The Morgan fingerprint density at radius 2 is 1.55 bits per heavy atom. The highest BCUT2D eigenvalue weighted by Gasteiger charge is 2.63. The summed E-state index contributed by atoms with van der Waals surface area (Å²) in [6.07, 6.45) is 8.30. The molecule has 12 nitrogen and oxygen atoms in total. The molecule has 0 saturated carbocycles. The first-order chi connectivity index (χ1) is 30.1. The van der Waals surface area contributed by atoms with Crippen LogP contribution in [-0.2, 0) is 23.2 Å². The molecule has 3 N–H and O–H groups in total. The lowest BCUT2D eigenvalue weighted by Crippen LogP contribution is -2.53. The van der Waals surface area contributed by atoms with E-state index in [0.29, 0.717) is 10.3 Å². The van der Waals surface area contributed by atoms with Crippen molar-refractivity contribution in [2.75, 3.05) is 23.4 Å². The number of anilines is 1. The number of nitrogens with one attached hydrogen (secondary N) is 1. The molecular formula is C46H78F2N6O6S3Si2. The van der Waals surface area contributed by atoms with E-state index in [0.717, 1.165) is 28.3 Å². The summed E-state index contributed by atoms with van der Waals surface area (Å²) in [5.74, 6) is -5.70. The van der Waals surface area contributed by atoms with Crippen LogP contribution in [0, 0.1) is 39.9 Å². The maximum atomic E-state index is 16.5. The molecule has 0 aliphatic carbocycles. The van der Waals surface area contributed by atoms with Crippen molar-refractivity contribution in [2.45, 2.75) is 199 Å². The van der Waals surface area contributed by atoms with Gasteiger partial charge in [0.15, 0.2) is 16.6 Å². The van der Waals surface area contributed by atoms with Crippen molar-refractivity contribution in [1.29, 1.82) is 10.5 Å². The summed E-state index contributed by atoms with van der Waals surface area (Å²) in [6, 6.07) is 5.60. The average Bonchev–Trinajstić information content (AvgIpc) is 3.44. The number of thiocarbonyl (C=S) groups is 1. The van der Waals surface area contributed by atoms with Gasteiger partial charge in [0, 0.05) is 18.4 Å². The van der Waals surface area contributed by atoms with Gasteiger partial charge in [-0.2, -0.15) is 24.3 Å². The first kappa shape index (κ1) is 58.9. The Morgan fingerprint density at radius 1 is 0.985 bits per heavy atom. The van der Waals surface area contributed by atoms with Crippen LogP contribution in [-0.4, -0.2) is 77.8 Å². The Labute approximate surface area is 404 Å². The van der Waals surface area contributed by atoms with Crippen LogP contribution in [0.2, 0.25) is 36.3 Å². The zero-order valence-electron chi connectivity index (χ0n) is 41.2. The third-order valence-electron chi connectivity index (χ3n) is 13.4. The summed E-state index contributed by atoms with van der Waals surface area (Å²) in [5.41, 5.74) is 3.30. The molecule has 0 aromatic carbocycles. The summed E-state index contributed by atoms with van der Waals surface area (Å²) in [7, 11) is -5.16. The van der Waals surface area contributed by atoms with Crippen molar-refractivity contribution in [3.8, 4) is 12.1 Å². The van der Waals surface area contributed by atoms with Gasteiger partial charge in [0.2, 0.25) is 18.0 Å². The van der Waals surface area contributed by atoms with Crippen molar-refractivity contribution in [3.63, 3.8) is 0 Å². The molecule has 0 radical (unpaired) electrons. The number of amides is 2. The molecule has 6 unspecified atom stereocenters. The standard InChI is InChI=1S/C46H78F2N6O6S3Si2/c1-13-14-15-16-17-18-19-20-21-22-27-62-42(61)63-31-33(29-49)28-34(39(51)56)45(8,32-50)25-23-37(55)52-36-24-26-54(41(57)53-36)40-46(47,48)38(60-65(11,12)44(5,6)7)35(59-40)30-58-64(9,10)43(2,3)4/h24,26,33-35,38,40H,13-23,25,27-28,30-31H2,1-12H3,(H2,51,56)(H,52,53,55,57). The monoisotopic (exact) mass is 1000 g/mol. The molecule has 1 aromatic heterocycles. The maximum Gasteiger partial charge on any atom is 0.351 e. The number of halogens is 2. The van der Waals surface area contributed by atoms with E-state index in [1.54, 1.807) is 11.8 Å². The van der Waals surface area contributed by atoms with E-state index in [1.165, 1.54) is 76.1 Å². The van der Waals surface area contributed by atoms with Gasteiger partial charge in [-0.05, 0) is 74.3 Å². The second kappa shape index (κ2) is 25.9. The summed E-state index contributed by atoms with van der Waals surface area (Å²) >= 11 is 8.52. The Bertz CT molecular complexity index is 1870. The second-order valence-corrected chi connectivity index (χ2v) is 33.6. The van der Waals surface area contributed by atoms with Crippen molar-refractivity contribution >= 4 is 73.5 Å². The molecule has 368 valence electrons. The van der Waals surface area contributed by atoms with Crippen LogP contribution in [0.25, 0.3) is 0 Å². The van der Waals surface area contributed by atoms with E-state index in [-0.39, 0.29) is 36.7 Å². The zero-order chi connectivity index (χ0) is 49.4. The molecule has 6 atom stereocenters. The minimum atomic E-state index is -3.66. The number of unbranched alkanes of at least 4 members (excludes halogenated alkanes) is 9. The van der Waals surface area contributed by atoms with Gasteiger partial charge in [-0.25, -0.2) is 4.79 Å². The fourth-order valence-electron chi connectivity index (χ4n) is 6.88. The highest BCUT2D eigenvalue weighted by molar-refractivity contribution is 8.47. The Hall–Kier alpha value is -2.24. The van der Waals surface area contributed by atoms with Crippen LogP contribution >= 0.6 is 35.7 Å². The number of alkyl halides is 2. The van der Waals surface area contributed by atoms with Crippen LogP contribution < -0.4 is 16.7 Å². The highest BCUT2D eigenvalue weighted by Crippen LogP contribution is 2.49. The fourth-order valence-corrected chi connectivity index (χ4v) is 11.5. The first-order valence-corrected chi connectivity index (χ1v) is 31.4. The summed E-state index contributed by atoms with van der Waals surface area (Å²) in [6.45, 7) is 23.4. The molecule has 19 heteroatoms. The van der Waals surface area contributed by atoms with E-state index in [9.17, 15) is 24.9 Å². The van der Waals surface area contributed by atoms with Gasteiger partial charge >= 0.3 is 11.6 Å². The molecular weight excluding hydrogens is 923 g/mol. The molecule has 0 spiro atoms. The molecule has 0 bridgehead atoms. The van der Waals surface area contributed by atoms with Gasteiger partial charge in [0.25, 0.3) is 0 Å². The van der Waals surface area contributed by atoms with Gasteiger partial charge in [0.1, 0.15) is 21.6 Å². The molecule has 2 heterocycles. The van der Waals surface area contributed by atoms with Gasteiger partial charge in [-0.15, -0.1) is 23.5 Å². The van der Waals surface area contributed by atoms with Crippen LogP contribution in [0.1, 0.15) is 145 Å². The molecule has 1 aliphatic heterocycles. The molecule has 2 rings (SSSR count). The summed E-state index contributed by atoms with van der Waals surface area (Å²) < 4.78 is 53.1. The van der Waals surface area contributed by atoms with Crippen molar-refractivity contribution in [3.05, 3.63) is 22.7 Å². The number of primary amides is 1. The van der Waals surface area contributed by atoms with Gasteiger partial charge in [-0.1, -0.05) is 118 Å². The summed E-state index contributed by atoms with van der Waals surface area (Å²) in [5, 5.41) is 22.2. The smallest absolute Gasteiger partial charge is 0.351 e. The van der Waals surface area contributed by atoms with E-state index in [1.807, 2.05) is 67.7 Å². The van der Waals surface area contributed by atoms with E-state index < -0.39 is 80.8 Å². The number of carbonyl (C=O) groups is 2. The number of hydrogen-bond donors (Lipinski definition) is 2. The Morgan fingerprint density at radius 3 is 2.06 bits per heavy atom. The predicted octanol–water partition coefficient (Wildman–Crippen LogP) is 11.7. The predicted molar refractivity (Wildman–Crippen MR) is 270 cm³/mol. The Kier molecular flexibility index (Phi) is 23.5. The number of aromatic nitrogens is 2. The normalized spacial score (nSPS) is 19.7. The number of nitriles is 2. The second-order valence-electron chi connectivity index (χ2n) is 20.8. The highest BCUT2D eigenvalue weighted by atomic mass is 32.2. The van der Waals surface area contributed by atoms with Crippen LogP contribution in [0.4, 0.5) is 14.6 Å². The number of rotatable bonds is 27. The SMILES string of the molecule is CCCCCCCCCCCCSC(=S)SCC(C#N)CC(C(N)=O)C(C)(C#N)CCC(=O)Nc1ccn(C2OC(CO[Si](C)(C)C(C)(C)C)C(O[Si](C)(C)C(C)(C)C)C2(F)F)c(=O)n1. The fraction of sp³-hybridized carbons (Fsp3) is 0.804. The largest absolute Gasteiger partial charge is 0.414 e. The van der Waals surface area contributed by atoms with E-state index in [4.69, 9.17) is 31.5 Å². The average molecular weight is 1000 g/mol. The van der Waals surface area contributed by atoms with E-state index >= 15 is 8.78 Å². The molecule has 1 saturated heterocycles. The number of thioether (sulfide) groups is 2.